The molecule has 0 amide bonds. The quantitative estimate of drug-likeness (QED) is 0.271. The molecule has 2 rings (SSSR count). The summed E-state index contributed by atoms with van der Waals surface area (Å²) in [5.74, 6) is 0.832. The molecule has 0 aromatic heterocycles. The smallest absolute Gasteiger partial charge is 0.135 e. The van der Waals surface area contributed by atoms with E-state index in [2.05, 4.69) is 105 Å². The van der Waals surface area contributed by atoms with Crippen LogP contribution in [0, 0.1) is 5.92 Å². The van der Waals surface area contributed by atoms with Crippen LogP contribution in [0.3, 0.4) is 0 Å². The van der Waals surface area contributed by atoms with Crippen LogP contribution in [0.5, 0.6) is 0 Å². The molecule has 154 valence electrons. The lowest BCUT2D eigenvalue weighted by Gasteiger charge is -2.37. The van der Waals surface area contributed by atoms with E-state index in [4.69, 9.17) is 0 Å². The Balaban J connectivity index is 2.46. The largest absolute Gasteiger partial charge is 0.342 e. The monoisotopic (exact) mass is 389 g/mol. The highest BCUT2D eigenvalue weighted by atomic mass is 15.2. The van der Waals surface area contributed by atoms with Gasteiger partial charge >= 0.3 is 0 Å². The summed E-state index contributed by atoms with van der Waals surface area (Å²) in [6.45, 7) is 22.7. The zero-order chi connectivity index (χ0) is 21.6. The first kappa shape index (κ1) is 22.6. The first-order valence-electron chi connectivity index (χ1n) is 10.4. The molecule has 0 saturated heterocycles. The summed E-state index contributed by atoms with van der Waals surface area (Å²) in [7, 11) is 0. The van der Waals surface area contributed by atoms with E-state index in [1.807, 2.05) is 13.0 Å². The summed E-state index contributed by atoms with van der Waals surface area (Å²) in [5, 5.41) is 0. The minimum Gasteiger partial charge on any atom is -0.342 e. The van der Waals surface area contributed by atoms with Gasteiger partial charge in [-0.2, -0.15) is 0 Å². The molecule has 0 fully saturated rings. The Labute approximate surface area is 177 Å². The number of hydrogen-bond donors (Lipinski definition) is 0. The lowest BCUT2D eigenvalue weighted by molar-refractivity contribution is 0.647. The Morgan fingerprint density at radius 3 is 2.59 bits per heavy atom. The maximum absolute atomic E-state index is 4.60. The Kier molecular flexibility index (Phi) is 7.55. The maximum atomic E-state index is 4.60. The van der Waals surface area contributed by atoms with Gasteiger partial charge < -0.3 is 4.90 Å². The second-order valence-electron chi connectivity index (χ2n) is 8.31. The maximum Gasteiger partial charge on any atom is 0.135 e. The number of rotatable bonds is 8. The number of benzene rings is 1. The molecule has 0 heterocycles. The van der Waals surface area contributed by atoms with Crippen LogP contribution in [-0.4, -0.2) is 18.6 Å². The number of amidine groups is 1. The predicted octanol–water partition coefficient (Wildman–Crippen LogP) is 6.85. The molecular weight excluding hydrogens is 354 g/mol. The Hall–Kier alpha value is -2.68. The first-order valence-corrected chi connectivity index (χ1v) is 10.4. The third kappa shape index (κ3) is 5.23. The molecule has 3 nitrogen and oxygen atoms in total. The fraction of sp³-hybridized carbons (Fsp3) is 0.385. The molecule has 0 radical (unpaired) electrons. The molecule has 0 saturated carbocycles. The van der Waals surface area contributed by atoms with Gasteiger partial charge in [-0.1, -0.05) is 63.8 Å². The fourth-order valence-corrected chi connectivity index (χ4v) is 3.60. The van der Waals surface area contributed by atoms with Crippen molar-refractivity contribution >= 4 is 18.2 Å². The lowest BCUT2D eigenvalue weighted by atomic mass is 9.83. The van der Waals surface area contributed by atoms with Crippen molar-refractivity contribution in [3.05, 3.63) is 78.7 Å². The van der Waals surface area contributed by atoms with Crippen molar-refractivity contribution < 1.29 is 0 Å². The summed E-state index contributed by atoms with van der Waals surface area (Å²) in [6.07, 6.45) is 10.1. The van der Waals surface area contributed by atoms with E-state index in [0.717, 1.165) is 24.4 Å². The topological polar surface area (TPSA) is 28.0 Å². The van der Waals surface area contributed by atoms with Crippen molar-refractivity contribution in [2.75, 3.05) is 4.90 Å². The molecule has 29 heavy (non-hydrogen) atoms. The number of nitrogens with zero attached hydrogens (tertiary/aromatic N) is 3. The van der Waals surface area contributed by atoms with E-state index < -0.39 is 0 Å². The van der Waals surface area contributed by atoms with Gasteiger partial charge in [-0.05, 0) is 44.7 Å². The van der Waals surface area contributed by atoms with Crippen LogP contribution < -0.4 is 4.90 Å². The van der Waals surface area contributed by atoms with Crippen LogP contribution in [0.25, 0.3) is 0 Å². The van der Waals surface area contributed by atoms with Gasteiger partial charge in [0.25, 0.3) is 0 Å². The second kappa shape index (κ2) is 9.69. The van der Waals surface area contributed by atoms with Crippen LogP contribution in [0.15, 0.2) is 83.1 Å². The molecule has 0 aliphatic heterocycles. The van der Waals surface area contributed by atoms with Crippen LogP contribution >= 0.6 is 0 Å². The van der Waals surface area contributed by atoms with Gasteiger partial charge in [0, 0.05) is 40.9 Å². The molecule has 3 heteroatoms. The predicted molar refractivity (Wildman–Crippen MR) is 129 cm³/mol. The SMILES string of the molecule is C=CC(C)(C)c1ccccc1N(C1=CC=CC(C(N=C)=NC(=C)CC)C1)C(C)C. The highest BCUT2D eigenvalue weighted by Crippen LogP contribution is 2.38. The Bertz CT molecular complexity index is 852. The third-order valence-electron chi connectivity index (χ3n) is 5.43. The van der Waals surface area contributed by atoms with Crippen molar-refractivity contribution in [1.82, 2.24) is 0 Å². The molecule has 1 aliphatic carbocycles. The second-order valence-corrected chi connectivity index (χ2v) is 8.31. The number of aliphatic imine (C=N–C) groups is 2. The van der Waals surface area contributed by atoms with E-state index in [9.17, 15) is 0 Å². The normalized spacial score (nSPS) is 17.1. The molecule has 0 N–H and O–H groups in total. The number of allylic oxidation sites excluding steroid dienone is 5. The number of anilines is 1. The minimum absolute atomic E-state index is 0.0941. The fourth-order valence-electron chi connectivity index (χ4n) is 3.60. The van der Waals surface area contributed by atoms with Crippen molar-refractivity contribution in [2.45, 2.75) is 58.9 Å². The summed E-state index contributed by atoms with van der Waals surface area (Å²) < 4.78 is 0. The van der Waals surface area contributed by atoms with E-state index >= 15 is 0 Å². The minimum atomic E-state index is -0.123. The average molecular weight is 390 g/mol. The third-order valence-corrected chi connectivity index (χ3v) is 5.43. The van der Waals surface area contributed by atoms with Gasteiger partial charge in [0.1, 0.15) is 5.84 Å². The Morgan fingerprint density at radius 1 is 1.31 bits per heavy atom. The zero-order valence-electron chi connectivity index (χ0n) is 18.7. The van der Waals surface area contributed by atoms with Gasteiger partial charge in [-0.25, -0.2) is 9.98 Å². The highest BCUT2D eigenvalue weighted by Gasteiger charge is 2.28. The van der Waals surface area contributed by atoms with E-state index in [1.165, 1.54) is 16.9 Å². The molecule has 1 atom stereocenters. The van der Waals surface area contributed by atoms with Crippen LogP contribution in [0.4, 0.5) is 5.69 Å². The van der Waals surface area contributed by atoms with Gasteiger partial charge in [0.05, 0.1) is 0 Å². The Morgan fingerprint density at radius 2 is 2.00 bits per heavy atom. The molecule has 1 unspecified atom stereocenters. The number of hydrogen-bond acceptors (Lipinski definition) is 2. The van der Waals surface area contributed by atoms with Gasteiger partial charge in [-0.15, -0.1) is 6.58 Å². The van der Waals surface area contributed by atoms with Crippen LogP contribution in [-0.2, 0) is 5.41 Å². The molecular formula is C26H35N3. The molecule has 0 spiro atoms. The summed E-state index contributed by atoms with van der Waals surface area (Å²) in [4.78, 5) is 11.2. The van der Waals surface area contributed by atoms with Crippen molar-refractivity contribution in [3.63, 3.8) is 0 Å². The van der Waals surface area contributed by atoms with E-state index in [1.54, 1.807) is 0 Å². The van der Waals surface area contributed by atoms with Crippen LogP contribution in [0.2, 0.25) is 0 Å². The summed E-state index contributed by atoms with van der Waals surface area (Å²) in [6, 6.07) is 8.91. The standard InChI is InChI=1S/C26H35N3/c1-9-20(5)28-25(27-8)21-14-13-15-22(18-21)29(19(3)4)24-17-12-11-16-23(24)26(6,7)10-2/h10-17,19,21H,2,5,8-9,18H2,1,3-4,6-7H3. The zero-order valence-corrected chi connectivity index (χ0v) is 18.7. The number of para-hydroxylation sites is 1. The van der Waals surface area contributed by atoms with E-state index in [-0.39, 0.29) is 11.3 Å². The average Bonchev–Trinajstić information content (AvgIpc) is 2.72. The first-order chi connectivity index (χ1) is 13.7. The van der Waals surface area contributed by atoms with Gasteiger partial charge in [-0.3, -0.25) is 0 Å². The van der Waals surface area contributed by atoms with Crippen molar-refractivity contribution in [3.8, 4) is 0 Å². The summed E-state index contributed by atoms with van der Waals surface area (Å²) >= 11 is 0. The highest BCUT2D eigenvalue weighted by molar-refractivity contribution is 5.91. The van der Waals surface area contributed by atoms with Crippen molar-refractivity contribution in [1.29, 1.82) is 0 Å². The van der Waals surface area contributed by atoms with Crippen LogP contribution in [0.1, 0.15) is 53.0 Å². The molecule has 1 aliphatic rings. The molecule has 1 aromatic rings. The van der Waals surface area contributed by atoms with Gasteiger partial charge in [0.15, 0.2) is 0 Å². The molecule has 0 bridgehead atoms. The lowest BCUT2D eigenvalue weighted by Crippen LogP contribution is -2.34. The van der Waals surface area contributed by atoms with Crippen molar-refractivity contribution in [2.24, 2.45) is 15.9 Å². The molecule has 1 aromatic carbocycles. The summed E-state index contributed by atoms with van der Waals surface area (Å²) in [5.41, 5.74) is 4.44. The van der Waals surface area contributed by atoms with E-state index in [0.29, 0.717) is 6.04 Å². The van der Waals surface area contributed by atoms with Gasteiger partial charge in [0.2, 0.25) is 0 Å².